The average Bonchev–Trinajstić information content (AvgIpc) is 2.97. The van der Waals surface area contributed by atoms with Crippen LogP contribution in [0.4, 0.5) is 0 Å². The van der Waals surface area contributed by atoms with E-state index < -0.39 is 12.3 Å². The van der Waals surface area contributed by atoms with Crippen LogP contribution < -0.4 is 4.74 Å². The minimum Gasteiger partial charge on any atom is -0.457 e. The smallest absolute Gasteiger partial charge is 0.357 e. The van der Waals surface area contributed by atoms with Gasteiger partial charge >= 0.3 is 5.97 Å². The Balaban J connectivity index is 1.49. The Hall–Kier alpha value is -4.52. The number of methoxy groups -OCH3 is 1. The van der Waals surface area contributed by atoms with Crippen LogP contribution in [0.2, 0.25) is 0 Å². The van der Waals surface area contributed by atoms with Crippen molar-refractivity contribution in [2.45, 2.75) is 19.5 Å². The fourth-order valence-electron chi connectivity index (χ4n) is 4.12. The summed E-state index contributed by atoms with van der Waals surface area (Å²) < 4.78 is 23.5. The number of fused-ring (bicyclic) bond motifs is 1. The lowest BCUT2D eigenvalue weighted by atomic mass is 10.0. The van der Waals surface area contributed by atoms with Gasteiger partial charge in [-0.2, -0.15) is 0 Å². The van der Waals surface area contributed by atoms with Crippen LogP contribution in [-0.2, 0) is 27.4 Å². The standard InChI is InChI=1S/C32H27NO5/c1-35-32(37-22-24-13-7-3-8-14-24)29-28-18-17-27(38-26-15-9-4-10-16-26)19-25(28)20-33-30(29)31(34)36-21-23-11-5-2-6-12-23/h2-20,32H,21-22H2,1H3. The summed E-state index contributed by atoms with van der Waals surface area (Å²) in [5, 5.41) is 1.53. The first-order valence-corrected chi connectivity index (χ1v) is 12.3. The zero-order valence-electron chi connectivity index (χ0n) is 20.9. The van der Waals surface area contributed by atoms with E-state index in [9.17, 15) is 4.79 Å². The van der Waals surface area contributed by atoms with Crippen molar-refractivity contribution in [3.63, 3.8) is 0 Å². The van der Waals surface area contributed by atoms with Crippen LogP contribution in [0.15, 0.2) is 115 Å². The van der Waals surface area contributed by atoms with Crippen LogP contribution in [0.5, 0.6) is 11.5 Å². The van der Waals surface area contributed by atoms with E-state index in [0.29, 0.717) is 17.9 Å². The minimum absolute atomic E-state index is 0.130. The third-order valence-corrected chi connectivity index (χ3v) is 5.98. The lowest BCUT2D eigenvalue weighted by Crippen LogP contribution is -2.17. The summed E-state index contributed by atoms with van der Waals surface area (Å²) in [6.45, 7) is 0.425. The van der Waals surface area contributed by atoms with E-state index in [1.54, 1.807) is 13.3 Å². The first-order valence-electron chi connectivity index (χ1n) is 12.3. The van der Waals surface area contributed by atoms with Crippen molar-refractivity contribution < 1.29 is 23.7 Å². The number of carbonyl (C=O) groups is 1. The summed E-state index contributed by atoms with van der Waals surface area (Å²) in [7, 11) is 1.54. The zero-order valence-corrected chi connectivity index (χ0v) is 20.9. The molecule has 0 fully saturated rings. The van der Waals surface area contributed by atoms with E-state index in [-0.39, 0.29) is 12.3 Å². The van der Waals surface area contributed by atoms with Gasteiger partial charge in [0.05, 0.1) is 6.61 Å². The third-order valence-electron chi connectivity index (χ3n) is 5.98. The molecule has 6 heteroatoms. The molecule has 1 unspecified atom stereocenters. The molecule has 0 N–H and O–H groups in total. The number of nitrogens with zero attached hydrogens (tertiary/aromatic N) is 1. The number of pyridine rings is 1. The topological polar surface area (TPSA) is 66.9 Å². The highest BCUT2D eigenvalue weighted by atomic mass is 16.7. The highest BCUT2D eigenvalue weighted by Gasteiger charge is 2.26. The molecule has 0 saturated heterocycles. The van der Waals surface area contributed by atoms with Gasteiger partial charge < -0.3 is 18.9 Å². The number of esters is 1. The van der Waals surface area contributed by atoms with Crippen LogP contribution in [0, 0.1) is 0 Å². The number of carbonyl (C=O) groups excluding carboxylic acids is 1. The van der Waals surface area contributed by atoms with Crippen LogP contribution >= 0.6 is 0 Å². The fraction of sp³-hybridized carbons (Fsp3) is 0.125. The lowest BCUT2D eigenvalue weighted by Gasteiger charge is -2.21. The van der Waals surface area contributed by atoms with Crippen molar-refractivity contribution >= 4 is 16.7 Å². The Labute approximate surface area is 221 Å². The highest BCUT2D eigenvalue weighted by Crippen LogP contribution is 2.34. The van der Waals surface area contributed by atoms with Crippen molar-refractivity contribution in [3.05, 3.63) is 138 Å². The molecule has 0 amide bonds. The van der Waals surface area contributed by atoms with Crippen LogP contribution in [0.25, 0.3) is 10.8 Å². The lowest BCUT2D eigenvalue weighted by molar-refractivity contribution is -0.135. The van der Waals surface area contributed by atoms with Gasteiger partial charge in [-0.1, -0.05) is 84.9 Å². The molecule has 0 spiro atoms. The molecule has 5 aromatic rings. The third kappa shape index (κ3) is 6.06. The summed E-state index contributed by atoms with van der Waals surface area (Å²) >= 11 is 0. The van der Waals surface area contributed by atoms with Gasteiger partial charge in [0.15, 0.2) is 12.0 Å². The Bertz CT molecular complexity index is 1490. The van der Waals surface area contributed by atoms with Gasteiger partial charge in [-0.3, -0.25) is 0 Å². The molecule has 0 radical (unpaired) electrons. The number of hydrogen-bond donors (Lipinski definition) is 0. The van der Waals surface area contributed by atoms with E-state index in [4.69, 9.17) is 18.9 Å². The molecule has 6 nitrogen and oxygen atoms in total. The SMILES string of the molecule is COC(OCc1ccccc1)c1c(C(=O)OCc2ccccc2)ncc2cc(Oc3ccccc3)ccc12. The van der Waals surface area contributed by atoms with Crippen molar-refractivity contribution in [1.82, 2.24) is 4.98 Å². The summed E-state index contributed by atoms with van der Waals surface area (Å²) in [6.07, 6.45) is 0.784. The Morgan fingerprint density at radius 2 is 1.39 bits per heavy atom. The first-order chi connectivity index (χ1) is 18.7. The molecule has 38 heavy (non-hydrogen) atoms. The number of rotatable bonds is 10. The molecule has 1 heterocycles. The predicted molar refractivity (Wildman–Crippen MR) is 145 cm³/mol. The van der Waals surface area contributed by atoms with Gasteiger partial charge in [0.2, 0.25) is 0 Å². The molecule has 190 valence electrons. The monoisotopic (exact) mass is 505 g/mol. The van der Waals surface area contributed by atoms with Crippen molar-refractivity contribution in [2.24, 2.45) is 0 Å². The maximum Gasteiger partial charge on any atom is 0.357 e. The van der Waals surface area contributed by atoms with Crippen molar-refractivity contribution in [2.75, 3.05) is 7.11 Å². The molecule has 0 aliphatic rings. The Kier molecular flexibility index (Phi) is 8.04. The van der Waals surface area contributed by atoms with Gasteiger partial charge in [0.25, 0.3) is 0 Å². The van der Waals surface area contributed by atoms with E-state index in [2.05, 4.69) is 4.98 Å². The number of ether oxygens (including phenoxy) is 4. The Morgan fingerprint density at radius 1 is 0.763 bits per heavy atom. The molecule has 5 rings (SSSR count). The number of hydrogen-bond acceptors (Lipinski definition) is 6. The molecule has 0 aliphatic carbocycles. The molecular weight excluding hydrogens is 478 g/mol. The van der Waals surface area contributed by atoms with Crippen LogP contribution in [0.3, 0.4) is 0 Å². The average molecular weight is 506 g/mol. The summed E-state index contributed by atoms with van der Waals surface area (Å²) in [5.74, 6) is 0.817. The number of aromatic nitrogens is 1. The van der Waals surface area contributed by atoms with Crippen LogP contribution in [-0.4, -0.2) is 18.1 Å². The fourth-order valence-corrected chi connectivity index (χ4v) is 4.12. The molecule has 4 aromatic carbocycles. The molecule has 1 atom stereocenters. The van der Waals surface area contributed by atoms with E-state index in [0.717, 1.165) is 27.6 Å². The second-order valence-electron chi connectivity index (χ2n) is 8.61. The summed E-state index contributed by atoms with van der Waals surface area (Å²) in [4.78, 5) is 17.8. The maximum absolute atomic E-state index is 13.3. The molecular formula is C32H27NO5. The zero-order chi connectivity index (χ0) is 26.2. The largest absolute Gasteiger partial charge is 0.457 e. The van der Waals surface area contributed by atoms with E-state index in [1.807, 2.05) is 109 Å². The first kappa shape index (κ1) is 25.1. The summed E-state index contributed by atoms with van der Waals surface area (Å²) in [6, 6.07) is 34.4. The van der Waals surface area contributed by atoms with Gasteiger partial charge in [0.1, 0.15) is 18.1 Å². The minimum atomic E-state index is -0.855. The quantitative estimate of drug-likeness (QED) is 0.147. The molecule has 0 saturated carbocycles. The van der Waals surface area contributed by atoms with Gasteiger partial charge in [-0.15, -0.1) is 0 Å². The summed E-state index contributed by atoms with van der Waals surface area (Å²) in [5.41, 5.74) is 2.51. The maximum atomic E-state index is 13.3. The normalized spacial score (nSPS) is 11.7. The van der Waals surface area contributed by atoms with Gasteiger partial charge in [-0.05, 0) is 40.8 Å². The highest BCUT2D eigenvalue weighted by molar-refractivity contribution is 5.97. The van der Waals surface area contributed by atoms with Crippen molar-refractivity contribution in [3.8, 4) is 11.5 Å². The molecule has 0 aliphatic heterocycles. The van der Waals surface area contributed by atoms with Crippen molar-refractivity contribution in [1.29, 1.82) is 0 Å². The second kappa shape index (κ2) is 12.1. The van der Waals surface area contributed by atoms with E-state index >= 15 is 0 Å². The predicted octanol–water partition coefficient (Wildman–Crippen LogP) is 7.25. The van der Waals surface area contributed by atoms with Crippen LogP contribution in [0.1, 0.15) is 33.5 Å². The number of para-hydroxylation sites is 1. The van der Waals surface area contributed by atoms with Gasteiger partial charge in [0, 0.05) is 24.3 Å². The Morgan fingerprint density at radius 3 is 2.05 bits per heavy atom. The van der Waals surface area contributed by atoms with Gasteiger partial charge in [-0.25, -0.2) is 9.78 Å². The molecule has 0 bridgehead atoms. The number of benzene rings is 4. The van der Waals surface area contributed by atoms with E-state index in [1.165, 1.54) is 0 Å². The molecule has 1 aromatic heterocycles. The second-order valence-corrected chi connectivity index (χ2v) is 8.61.